The van der Waals surface area contributed by atoms with Crippen molar-refractivity contribution in [1.82, 2.24) is 15.0 Å². The van der Waals surface area contributed by atoms with Crippen molar-refractivity contribution in [2.45, 2.75) is 20.8 Å². The fourth-order valence-corrected chi connectivity index (χ4v) is 2.83. The molecule has 2 aromatic heterocycles. The van der Waals surface area contributed by atoms with Gasteiger partial charge in [-0.05, 0) is 39.0 Å². The number of anilines is 3. The van der Waals surface area contributed by atoms with Crippen LogP contribution in [0.25, 0.3) is 0 Å². The molecule has 0 unspecified atom stereocenters. The van der Waals surface area contributed by atoms with Gasteiger partial charge in [0, 0.05) is 22.5 Å². The number of hydrogen-bond donors (Lipinski definition) is 2. The van der Waals surface area contributed by atoms with Crippen molar-refractivity contribution in [2.75, 3.05) is 10.6 Å². The molecule has 6 nitrogen and oxygen atoms in total. The Morgan fingerprint density at radius 2 is 1.67 bits per heavy atom. The number of carbonyl (C=O) groups excluding carboxylic acids is 1. The van der Waals surface area contributed by atoms with Crippen LogP contribution in [0.15, 0.2) is 35.7 Å². The number of benzene rings is 1. The van der Waals surface area contributed by atoms with Gasteiger partial charge in [0.2, 0.25) is 5.95 Å². The van der Waals surface area contributed by atoms with Crippen molar-refractivity contribution < 1.29 is 4.79 Å². The molecule has 3 aromatic rings. The van der Waals surface area contributed by atoms with Crippen LogP contribution in [0.3, 0.4) is 0 Å². The molecule has 0 aliphatic heterocycles. The Balaban J connectivity index is 1.70. The van der Waals surface area contributed by atoms with Gasteiger partial charge >= 0.3 is 0 Å². The van der Waals surface area contributed by atoms with Crippen molar-refractivity contribution in [2.24, 2.45) is 0 Å². The van der Waals surface area contributed by atoms with Crippen LogP contribution in [0, 0.1) is 20.8 Å². The predicted octanol–water partition coefficient (Wildman–Crippen LogP) is 3.85. The summed E-state index contributed by atoms with van der Waals surface area (Å²) in [6.07, 6.45) is 0. The van der Waals surface area contributed by atoms with E-state index in [0.29, 0.717) is 16.8 Å². The smallest absolute Gasteiger partial charge is 0.275 e. The predicted molar refractivity (Wildman–Crippen MR) is 96.0 cm³/mol. The van der Waals surface area contributed by atoms with Crippen LogP contribution in [0.5, 0.6) is 0 Å². The van der Waals surface area contributed by atoms with Crippen molar-refractivity contribution >= 4 is 34.0 Å². The first kappa shape index (κ1) is 16.1. The Bertz CT molecular complexity index is 853. The molecule has 0 saturated heterocycles. The number of carbonyl (C=O) groups is 1. The number of aryl methyl sites for hydroxylation is 3. The molecule has 0 radical (unpaired) electrons. The van der Waals surface area contributed by atoms with Crippen molar-refractivity contribution in [3.63, 3.8) is 0 Å². The lowest BCUT2D eigenvalue weighted by Gasteiger charge is -2.04. The molecule has 24 heavy (non-hydrogen) atoms. The lowest BCUT2D eigenvalue weighted by molar-refractivity contribution is 0.102. The largest absolute Gasteiger partial charge is 0.321 e. The highest BCUT2D eigenvalue weighted by Crippen LogP contribution is 2.20. The number of rotatable bonds is 4. The minimum Gasteiger partial charge on any atom is -0.321 e. The van der Waals surface area contributed by atoms with Crippen LogP contribution < -0.4 is 10.6 Å². The molecular formula is C17H17N5OS. The highest BCUT2D eigenvalue weighted by Gasteiger charge is 2.12. The average molecular weight is 339 g/mol. The van der Waals surface area contributed by atoms with Crippen LogP contribution in [0.1, 0.15) is 27.4 Å². The summed E-state index contributed by atoms with van der Waals surface area (Å²) in [5, 5.41) is 8.15. The van der Waals surface area contributed by atoms with E-state index in [1.54, 1.807) is 5.38 Å². The quantitative estimate of drug-likeness (QED) is 0.754. The van der Waals surface area contributed by atoms with Gasteiger partial charge in [0.15, 0.2) is 5.13 Å². The molecule has 3 rings (SSSR count). The third-order valence-electron chi connectivity index (χ3n) is 3.25. The number of amides is 1. The Kier molecular flexibility index (Phi) is 4.52. The van der Waals surface area contributed by atoms with E-state index in [1.165, 1.54) is 11.3 Å². The van der Waals surface area contributed by atoms with Gasteiger partial charge in [0.1, 0.15) is 5.69 Å². The second-order valence-electron chi connectivity index (χ2n) is 5.46. The van der Waals surface area contributed by atoms with Crippen LogP contribution in [-0.2, 0) is 0 Å². The lowest BCUT2D eigenvalue weighted by atomic mass is 10.2. The van der Waals surface area contributed by atoms with Gasteiger partial charge in [-0.15, -0.1) is 11.3 Å². The Morgan fingerprint density at radius 1 is 1.00 bits per heavy atom. The van der Waals surface area contributed by atoms with Gasteiger partial charge < -0.3 is 10.6 Å². The van der Waals surface area contributed by atoms with Crippen LogP contribution in [0.4, 0.5) is 16.8 Å². The van der Waals surface area contributed by atoms with E-state index < -0.39 is 0 Å². The Morgan fingerprint density at radius 3 is 2.33 bits per heavy atom. The summed E-state index contributed by atoms with van der Waals surface area (Å²) >= 11 is 1.33. The maximum absolute atomic E-state index is 12.2. The van der Waals surface area contributed by atoms with E-state index in [1.807, 2.05) is 51.1 Å². The van der Waals surface area contributed by atoms with Gasteiger partial charge in [-0.25, -0.2) is 15.0 Å². The molecule has 122 valence electrons. The summed E-state index contributed by atoms with van der Waals surface area (Å²) < 4.78 is 0. The normalized spacial score (nSPS) is 10.5. The molecule has 2 heterocycles. The number of nitrogens with zero attached hydrogens (tertiary/aromatic N) is 3. The molecule has 0 aliphatic carbocycles. The fraction of sp³-hybridized carbons (Fsp3) is 0.176. The summed E-state index contributed by atoms with van der Waals surface area (Å²) in [5.41, 5.74) is 3.98. The molecule has 1 aromatic carbocycles. The molecule has 0 bridgehead atoms. The van der Waals surface area contributed by atoms with Crippen LogP contribution in [0.2, 0.25) is 0 Å². The molecule has 0 saturated carbocycles. The minimum absolute atomic E-state index is 0.246. The van der Waals surface area contributed by atoms with E-state index in [4.69, 9.17) is 0 Å². The zero-order valence-corrected chi connectivity index (χ0v) is 14.4. The lowest BCUT2D eigenvalue weighted by Crippen LogP contribution is -2.12. The topological polar surface area (TPSA) is 79.8 Å². The van der Waals surface area contributed by atoms with Crippen molar-refractivity contribution in [1.29, 1.82) is 0 Å². The monoisotopic (exact) mass is 339 g/mol. The molecule has 0 fully saturated rings. The first-order chi connectivity index (χ1) is 11.5. The maximum atomic E-state index is 12.2. The average Bonchev–Trinajstić information content (AvgIpc) is 2.97. The van der Waals surface area contributed by atoms with Gasteiger partial charge in [-0.3, -0.25) is 4.79 Å². The zero-order chi connectivity index (χ0) is 17.1. The first-order valence-corrected chi connectivity index (χ1v) is 8.30. The third kappa shape index (κ3) is 3.94. The molecule has 1 amide bonds. The van der Waals surface area contributed by atoms with Gasteiger partial charge in [-0.2, -0.15) is 0 Å². The van der Waals surface area contributed by atoms with Gasteiger partial charge in [0.05, 0.1) is 0 Å². The summed E-state index contributed by atoms with van der Waals surface area (Å²) in [4.78, 5) is 25.1. The van der Waals surface area contributed by atoms with Crippen molar-refractivity contribution in [3.05, 3.63) is 58.4 Å². The summed E-state index contributed by atoms with van der Waals surface area (Å²) in [6, 6.07) is 9.51. The molecule has 0 atom stereocenters. The van der Waals surface area contributed by atoms with Crippen LogP contribution >= 0.6 is 11.3 Å². The number of hydrogen-bond acceptors (Lipinski definition) is 6. The molecular weight excluding hydrogens is 322 g/mol. The second kappa shape index (κ2) is 6.76. The second-order valence-corrected chi connectivity index (χ2v) is 6.32. The van der Waals surface area contributed by atoms with Gasteiger partial charge in [-0.1, -0.05) is 17.7 Å². The van der Waals surface area contributed by atoms with Crippen LogP contribution in [-0.4, -0.2) is 20.9 Å². The number of aromatic nitrogens is 3. The summed E-state index contributed by atoms with van der Waals surface area (Å²) in [5.74, 6) is 0.233. The molecule has 2 N–H and O–H groups in total. The molecule has 7 heteroatoms. The third-order valence-corrected chi connectivity index (χ3v) is 4.00. The Hall–Kier alpha value is -2.80. The van der Waals surface area contributed by atoms with E-state index >= 15 is 0 Å². The van der Waals surface area contributed by atoms with E-state index in [-0.39, 0.29) is 5.91 Å². The van der Waals surface area contributed by atoms with E-state index in [9.17, 15) is 4.79 Å². The van der Waals surface area contributed by atoms with E-state index in [2.05, 4.69) is 25.6 Å². The summed E-state index contributed by atoms with van der Waals surface area (Å²) in [6.45, 7) is 5.81. The minimum atomic E-state index is -0.246. The van der Waals surface area contributed by atoms with Gasteiger partial charge in [0.25, 0.3) is 5.91 Å². The standard InChI is InChI=1S/C17H17N5OS/c1-10-4-6-13(7-5-10)20-15(23)14-9-24-17(21-14)22-16-18-11(2)8-12(3)19-16/h4-9H,1-3H3,(H,20,23)(H,18,19,21,22). The van der Waals surface area contributed by atoms with E-state index in [0.717, 1.165) is 22.6 Å². The number of nitrogens with one attached hydrogen (secondary N) is 2. The SMILES string of the molecule is Cc1ccc(NC(=O)c2csc(Nc3nc(C)cc(C)n3)n2)cc1. The molecule has 0 spiro atoms. The number of thiazole rings is 1. The highest BCUT2D eigenvalue weighted by atomic mass is 32.1. The zero-order valence-electron chi connectivity index (χ0n) is 13.6. The Labute approximate surface area is 144 Å². The van der Waals surface area contributed by atoms with Crippen molar-refractivity contribution in [3.8, 4) is 0 Å². The molecule has 0 aliphatic rings. The fourth-order valence-electron chi connectivity index (χ4n) is 2.14. The highest BCUT2D eigenvalue weighted by molar-refractivity contribution is 7.14. The first-order valence-electron chi connectivity index (χ1n) is 7.42. The summed E-state index contributed by atoms with van der Waals surface area (Å²) in [7, 11) is 0. The maximum Gasteiger partial charge on any atom is 0.275 e.